The Kier molecular flexibility index (Phi) is 4.48. The minimum absolute atomic E-state index is 0.0668. The second-order valence-electron chi connectivity index (χ2n) is 6.37. The van der Waals surface area contributed by atoms with Gasteiger partial charge in [-0.25, -0.2) is 0 Å². The zero-order valence-electron chi connectivity index (χ0n) is 13.3. The van der Waals surface area contributed by atoms with Crippen LogP contribution in [0.3, 0.4) is 0 Å². The SMILES string of the molecule is CC.Cc1c(C(O)O)ccc2c1C(C)(C)C(C)(C)C2. The summed E-state index contributed by atoms with van der Waals surface area (Å²) in [5.74, 6) is 0. The van der Waals surface area contributed by atoms with E-state index in [9.17, 15) is 10.2 Å². The normalized spacial score (nSPS) is 18.8. The van der Waals surface area contributed by atoms with Crippen LogP contribution in [0.15, 0.2) is 12.1 Å². The van der Waals surface area contributed by atoms with Crippen molar-refractivity contribution in [2.75, 3.05) is 0 Å². The molecule has 0 amide bonds. The molecule has 2 heteroatoms. The van der Waals surface area contributed by atoms with Gasteiger partial charge >= 0.3 is 0 Å². The van der Waals surface area contributed by atoms with Crippen LogP contribution in [0, 0.1) is 12.3 Å². The molecule has 0 spiro atoms. The number of fused-ring (bicyclic) bond motifs is 1. The third-order valence-electron chi connectivity index (χ3n) is 4.82. The van der Waals surface area contributed by atoms with Crippen LogP contribution < -0.4 is 0 Å². The third kappa shape index (κ3) is 2.44. The minimum atomic E-state index is -1.38. The number of rotatable bonds is 1. The molecule has 0 fully saturated rings. The number of benzene rings is 1. The van der Waals surface area contributed by atoms with Gasteiger partial charge in [-0.2, -0.15) is 0 Å². The van der Waals surface area contributed by atoms with E-state index in [0.717, 1.165) is 12.0 Å². The summed E-state index contributed by atoms with van der Waals surface area (Å²) >= 11 is 0. The van der Waals surface area contributed by atoms with Crippen molar-refractivity contribution < 1.29 is 10.2 Å². The molecule has 2 nitrogen and oxygen atoms in total. The molecule has 108 valence electrons. The first-order chi connectivity index (χ1) is 8.68. The quantitative estimate of drug-likeness (QED) is 0.756. The summed E-state index contributed by atoms with van der Waals surface area (Å²) < 4.78 is 0. The molecule has 0 aromatic heterocycles. The summed E-state index contributed by atoms with van der Waals surface area (Å²) in [7, 11) is 0. The van der Waals surface area contributed by atoms with Gasteiger partial charge in [0.05, 0.1) is 0 Å². The van der Waals surface area contributed by atoms with Crippen LogP contribution in [-0.2, 0) is 11.8 Å². The molecule has 0 heterocycles. The fourth-order valence-electron chi connectivity index (χ4n) is 3.12. The lowest BCUT2D eigenvalue weighted by atomic mass is 9.67. The lowest BCUT2D eigenvalue weighted by molar-refractivity contribution is -0.0430. The average molecular weight is 264 g/mol. The highest BCUT2D eigenvalue weighted by Crippen LogP contribution is 2.52. The van der Waals surface area contributed by atoms with E-state index < -0.39 is 6.29 Å². The Hall–Kier alpha value is -0.860. The van der Waals surface area contributed by atoms with Gasteiger partial charge in [0.25, 0.3) is 0 Å². The molecule has 0 bridgehead atoms. The molecule has 1 aliphatic rings. The minimum Gasteiger partial charge on any atom is -0.364 e. The molecule has 0 radical (unpaired) electrons. The molecule has 19 heavy (non-hydrogen) atoms. The zero-order valence-corrected chi connectivity index (χ0v) is 13.3. The maximum Gasteiger partial charge on any atom is 0.178 e. The summed E-state index contributed by atoms with van der Waals surface area (Å²) in [6.07, 6.45) is -0.322. The molecular formula is C17H28O2. The molecule has 1 aromatic carbocycles. The Balaban J connectivity index is 0.000000861. The fourth-order valence-corrected chi connectivity index (χ4v) is 3.12. The molecule has 0 saturated carbocycles. The summed E-state index contributed by atoms with van der Waals surface area (Å²) in [6.45, 7) is 15.1. The predicted octanol–water partition coefficient (Wildman–Crippen LogP) is 3.86. The summed E-state index contributed by atoms with van der Waals surface area (Å²) in [4.78, 5) is 0. The van der Waals surface area contributed by atoms with E-state index in [1.54, 1.807) is 0 Å². The third-order valence-corrected chi connectivity index (χ3v) is 4.82. The van der Waals surface area contributed by atoms with E-state index in [-0.39, 0.29) is 10.8 Å². The van der Waals surface area contributed by atoms with Gasteiger partial charge in [-0.15, -0.1) is 0 Å². The standard InChI is InChI=1S/C15H22O2.C2H6/c1-9-11(13(16)17)7-6-10-8-14(2,3)15(4,5)12(9)10;1-2/h6-7,13,16-17H,8H2,1-5H3;1-2H3. The second kappa shape index (κ2) is 5.26. The fraction of sp³-hybridized carbons (Fsp3) is 0.647. The second-order valence-corrected chi connectivity index (χ2v) is 6.37. The maximum atomic E-state index is 9.39. The number of aliphatic hydroxyl groups is 2. The van der Waals surface area contributed by atoms with Crippen LogP contribution in [0.4, 0.5) is 0 Å². The van der Waals surface area contributed by atoms with Gasteiger partial charge in [-0.1, -0.05) is 53.7 Å². The molecule has 1 aliphatic carbocycles. The van der Waals surface area contributed by atoms with E-state index in [0.29, 0.717) is 5.56 Å². The average Bonchev–Trinajstić information content (AvgIpc) is 2.48. The summed E-state index contributed by atoms with van der Waals surface area (Å²) in [5.41, 5.74) is 4.59. The molecule has 0 unspecified atom stereocenters. The Bertz CT molecular complexity index is 457. The monoisotopic (exact) mass is 264 g/mol. The molecule has 0 atom stereocenters. The largest absolute Gasteiger partial charge is 0.364 e. The van der Waals surface area contributed by atoms with Crippen molar-refractivity contribution in [3.05, 3.63) is 34.4 Å². The van der Waals surface area contributed by atoms with Crippen molar-refractivity contribution >= 4 is 0 Å². The van der Waals surface area contributed by atoms with Crippen molar-refractivity contribution in [1.82, 2.24) is 0 Å². The van der Waals surface area contributed by atoms with Crippen LogP contribution in [0.5, 0.6) is 0 Å². The first-order valence-electron chi connectivity index (χ1n) is 7.17. The van der Waals surface area contributed by atoms with Crippen LogP contribution in [-0.4, -0.2) is 10.2 Å². The molecule has 2 rings (SSSR count). The highest BCUT2D eigenvalue weighted by Gasteiger charge is 2.46. The van der Waals surface area contributed by atoms with Crippen LogP contribution in [0.1, 0.15) is 70.1 Å². The molecular weight excluding hydrogens is 236 g/mol. The highest BCUT2D eigenvalue weighted by molar-refractivity contribution is 5.50. The summed E-state index contributed by atoms with van der Waals surface area (Å²) in [5, 5.41) is 18.8. The van der Waals surface area contributed by atoms with Gasteiger partial charge in [0.15, 0.2) is 6.29 Å². The van der Waals surface area contributed by atoms with Crippen molar-refractivity contribution in [3.8, 4) is 0 Å². The number of hydrogen-bond acceptors (Lipinski definition) is 2. The topological polar surface area (TPSA) is 40.5 Å². The van der Waals surface area contributed by atoms with Gasteiger partial charge in [-0.3, -0.25) is 0 Å². The van der Waals surface area contributed by atoms with Gasteiger partial charge in [0, 0.05) is 5.56 Å². The van der Waals surface area contributed by atoms with Gasteiger partial charge < -0.3 is 10.2 Å². The Labute approximate surface area is 117 Å². The molecule has 1 aromatic rings. The van der Waals surface area contributed by atoms with Gasteiger partial charge in [0.1, 0.15) is 0 Å². The number of aliphatic hydroxyl groups excluding tert-OH is 1. The number of hydrogen-bond donors (Lipinski definition) is 2. The van der Waals surface area contributed by atoms with Crippen LogP contribution in [0.2, 0.25) is 0 Å². The van der Waals surface area contributed by atoms with E-state index in [1.807, 2.05) is 32.9 Å². The van der Waals surface area contributed by atoms with Crippen molar-refractivity contribution in [3.63, 3.8) is 0 Å². The maximum absolute atomic E-state index is 9.39. The van der Waals surface area contributed by atoms with Crippen molar-refractivity contribution in [2.24, 2.45) is 5.41 Å². The van der Waals surface area contributed by atoms with Crippen molar-refractivity contribution in [2.45, 2.75) is 66.6 Å². The zero-order chi connectivity index (χ0) is 15.0. The van der Waals surface area contributed by atoms with Crippen molar-refractivity contribution in [1.29, 1.82) is 0 Å². The van der Waals surface area contributed by atoms with E-state index >= 15 is 0 Å². The van der Waals surface area contributed by atoms with Crippen LogP contribution in [0.25, 0.3) is 0 Å². The van der Waals surface area contributed by atoms with E-state index in [2.05, 4.69) is 27.7 Å². The lowest BCUT2D eigenvalue weighted by Crippen LogP contribution is -2.32. The van der Waals surface area contributed by atoms with Gasteiger partial charge in [0.2, 0.25) is 0 Å². The summed E-state index contributed by atoms with van der Waals surface area (Å²) in [6, 6.07) is 3.89. The highest BCUT2D eigenvalue weighted by atomic mass is 16.5. The Morgan fingerprint density at radius 2 is 1.58 bits per heavy atom. The Morgan fingerprint density at radius 1 is 1.05 bits per heavy atom. The molecule has 0 saturated heterocycles. The smallest absolute Gasteiger partial charge is 0.178 e. The molecule has 2 N–H and O–H groups in total. The van der Waals surface area contributed by atoms with Crippen LogP contribution >= 0.6 is 0 Å². The predicted molar refractivity (Wildman–Crippen MR) is 80.2 cm³/mol. The first-order valence-corrected chi connectivity index (χ1v) is 7.17. The Morgan fingerprint density at radius 3 is 2.05 bits per heavy atom. The van der Waals surface area contributed by atoms with E-state index in [1.165, 1.54) is 11.1 Å². The lowest BCUT2D eigenvalue weighted by Gasteiger charge is -2.36. The molecule has 0 aliphatic heterocycles. The first kappa shape index (κ1) is 16.2. The van der Waals surface area contributed by atoms with E-state index in [4.69, 9.17) is 0 Å². The van der Waals surface area contributed by atoms with Gasteiger partial charge in [-0.05, 0) is 40.9 Å².